The molecule has 3 aromatic rings. The van der Waals surface area contributed by atoms with Gasteiger partial charge in [-0.05, 0) is 18.0 Å². The number of rotatable bonds is 10. The van der Waals surface area contributed by atoms with Gasteiger partial charge in [-0.15, -0.1) is 11.3 Å². The van der Waals surface area contributed by atoms with E-state index < -0.39 is 61.1 Å². The molecule has 18 heteroatoms. The summed E-state index contributed by atoms with van der Waals surface area (Å²) in [6, 6.07) is 0. The molecule has 0 saturated carbocycles. The summed E-state index contributed by atoms with van der Waals surface area (Å²) >= 11 is 6.60. The topological polar surface area (TPSA) is 233 Å². The van der Waals surface area contributed by atoms with E-state index in [0.717, 1.165) is 22.2 Å². The largest absolute Gasteiger partial charge is 0.479 e. The van der Waals surface area contributed by atoms with E-state index in [0.29, 0.717) is 0 Å². The highest BCUT2D eigenvalue weighted by molar-refractivity contribution is 7.11. The highest BCUT2D eigenvalue weighted by Gasteiger charge is 2.51. The summed E-state index contributed by atoms with van der Waals surface area (Å²) in [6.45, 7) is -0.821. The van der Waals surface area contributed by atoms with Crippen LogP contribution in [-0.2, 0) is 25.5 Å². The number of alkyl halides is 1. The number of nitrogens with two attached hydrogens (primary N) is 1. The first-order valence-electron chi connectivity index (χ1n) is 10.4. The number of nitrogens with zero attached hydrogens (tertiary/aromatic N) is 5. The van der Waals surface area contributed by atoms with Crippen LogP contribution in [0.2, 0.25) is 5.28 Å². The second-order valence-corrected chi connectivity index (χ2v) is 9.10. The number of carboxylic acid groups (broad SMARTS) is 3. The third-order valence-electron chi connectivity index (χ3n) is 5.64. The molecule has 1 saturated heterocycles. The number of aliphatic hydroxyl groups excluding tert-OH is 1. The van der Waals surface area contributed by atoms with Crippen LogP contribution >= 0.6 is 22.9 Å². The van der Waals surface area contributed by atoms with Gasteiger partial charge in [-0.3, -0.25) is 4.57 Å². The number of fused-ring (bicyclic) bond motifs is 1. The number of anilines is 1. The van der Waals surface area contributed by atoms with Crippen LogP contribution in [0.1, 0.15) is 28.1 Å². The number of hydrogen-bond acceptors (Lipinski definition) is 12. The SMILES string of the molecule is Nc1nc(Cl)nc2c1ncn2[C@@H]1O[C@H](COC(CCc2csc(C(=O)O)n2)(C(=O)O)C(=O)O)[C@@H](O)[C@@H]1F. The van der Waals surface area contributed by atoms with Crippen molar-refractivity contribution in [2.24, 2.45) is 0 Å². The van der Waals surface area contributed by atoms with Crippen LogP contribution < -0.4 is 5.73 Å². The molecule has 0 unspecified atom stereocenters. The predicted molar refractivity (Wildman–Crippen MR) is 121 cm³/mol. The second kappa shape index (κ2) is 10.1. The fraction of sp³-hybridized carbons (Fsp3) is 0.421. The lowest BCUT2D eigenvalue weighted by atomic mass is 9.96. The molecule has 0 radical (unpaired) electrons. The summed E-state index contributed by atoms with van der Waals surface area (Å²) in [7, 11) is 0. The van der Waals surface area contributed by atoms with Crippen LogP contribution in [0.15, 0.2) is 11.7 Å². The summed E-state index contributed by atoms with van der Waals surface area (Å²) in [5.41, 5.74) is 3.16. The first-order valence-corrected chi connectivity index (χ1v) is 11.6. The van der Waals surface area contributed by atoms with E-state index in [9.17, 15) is 29.7 Å². The molecule has 1 fully saturated rings. The number of thiazole rings is 1. The number of imidazole rings is 1. The van der Waals surface area contributed by atoms with Gasteiger partial charge in [0.05, 0.1) is 18.6 Å². The van der Waals surface area contributed by atoms with Gasteiger partial charge in [0.2, 0.25) is 10.3 Å². The molecule has 198 valence electrons. The Bertz CT molecular complexity index is 1360. The van der Waals surface area contributed by atoms with Gasteiger partial charge < -0.3 is 35.6 Å². The number of carboxylic acids is 3. The van der Waals surface area contributed by atoms with E-state index in [2.05, 4.69) is 19.9 Å². The average molecular weight is 561 g/mol. The maximum atomic E-state index is 15.0. The zero-order chi connectivity index (χ0) is 27.1. The van der Waals surface area contributed by atoms with Gasteiger partial charge >= 0.3 is 17.9 Å². The lowest BCUT2D eigenvalue weighted by Gasteiger charge is -2.27. The van der Waals surface area contributed by atoms with Gasteiger partial charge in [-0.1, -0.05) is 0 Å². The molecule has 4 rings (SSSR count). The monoisotopic (exact) mass is 560 g/mol. The van der Waals surface area contributed by atoms with Crippen LogP contribution in [-0.4, -0.2) is 93.4 Å². The van der Waals surface area contributed by atoms with E-state index in [4.69, 9.17) is 31.9 Å². The van der Waals surface area contributed by atoms with Gasteiger partial charge in [0.25, 0.3) is 5.60 Å². The molecule has 0 aliphatic carbocycles. The van der Waals surface area contributed by atoms with Crippen molar-refractivity contribution >= 4 is 57.8 Å². The summed E-state index contributed by atoms with van der Waals surface area (Å²) in [4.78, 5) is 50.4. The maximum absolute atomic E-state index is 15.0. The lowest BCUT2D eigenvalue weighted by Crippen LogP contribution is -2.51. The zero-order valence-electron chi connectivity index (χ0n) is 18.4. The molecule has 1 aliphatic rings. The van der Waals surface area contributed by atoms with Gasteiger partial charge in [-0.25, -0.2) is 28.7 Å². The van der Waals surface area contributed by atoms with Crippen molar-refractivity contribution in [1.29, 1.82) is 0 Å². The summed E-state index contributed by atoms with van der Waals surface area (Å²) < 4.78 is 26.9. The standard InChI is InChI=1S/C19H18ClFN6O9S/c20-18-25-11(22)9-12(26-18)27(5-23-9)14-8(21)10(28)7(36-14)3-35-19(16(31)32,17(33)34)2-1-6-4-37-13(24-6)15(29)30/h4-5,7-8,10,14,28H,1-3H2,(H,29,30)(H,31,32)(H,33,34)(H2,22,25,26)/t7-,8+,10-,14-/m1/s1. The number of aliphatic carboxylic acids is 2. The minimum Gasteiger partial charge on any atom is -0.479 e. The number of aryl methyl sites for hydroxylation is 1. The Kier molecular flexibility index (Phi) is 7.24. The molecule has 37 heavy (non-hydrogen) atoms. The zero-order valence-corrected chi connectivity index (χ0v) is 20.0. The van der Waals surface area contributed by atoms with Crippen LogP contribution in [0, 0.1) is 0 Å². The summed E-state index contributed by atoms with van der Waals surface area (Å²) in [5.74, 6) is -5.10. The number of hydrogen-bond donors (Lipinski definition) is 5. The minimum atomic E-state index is -2.82. The Hall–Kier alpha value is -3.51. The molecule has 0 bridgehead atoms. The molecule has 15 nitrogen and oxygen atoms in total. The fourth-order valence-corrected chi connectivity index (χ4v) is 4.57. The first-order chi connectivity index (χ1) is 17.4. The highest BCUT2D eigenvalue weighted by Crippen LogP contribution is 2.35. The molecule has 3 aromatic heterocycles. The number of nitrogen functional groups attached to an aromatic ring is 1. The quantitative estimate of drug-likeness (QED) is 0.166. The molecule has 0 amide bonds. The van der Waals surface area contributed by atoms with Crippen molar-refractivity contribution in [3.8, 4) is 0 Å². The predicted octanol–water partition coefficient (Wildman–Crippen LogP) is 0.370. The normalized spacial score (nSPS) is 21.9. The first kappa shape index (κ1) is 26.6. The Morgan fingerprint density at radius 3 is 2.57 bits per heavy atom. The molecular weight excluding hydrogens is 543 g/mol. The van der Waals surface area contributed by atoms with Crippen molar-refractivity contribution < 1.29 is 48.7 Å². The Morgan fingerprint density at radius 2 is 1.95 bits per heavy atom. The molecule has 4 heterocycles. The number of aliphatic hydroxyl groups is 1. The van der Waals surface area contributed by atoms with Crippen molar-refractivity contribution in [1.82, 2.24) is 24.5 Å². The van der Waals surface area contributed by atoms with Gasteiger partial charge in [0.1, 0.15) is 17.7 Å². The van der Waals surface area contributed by atoms with Crippen LogP contribution in [0.4, 0.5) is 10.2 Å². The Labute approximate surface area is 214 Å². The molecule has 0 aromatic carbocycles. The third kappa shape index (κ3) is 4.90. The third-order valence-corrected chi connectivity index (χ3v) is 6.69. The van der Waals surface area contributed by atoms with Crippen molar-refractivity contribution in [3.63, 3.8) is 0 Å². The number of aromatic nitrogens is 5. The molecule has 4 atom stereocenters. The number of carbonyl (C=O) groups is 3. The Morgan fingerprint density at radius 1 is 1.24 bits per heavy atom. The lowest BCUT2D eigenvalue weighted by molar-refractivity contribution is -0.191. The highest BCUT2D eigenvalue weighted by atomic mass is 35.5. The van der Waals surface area contributed by atoms with Crippen molar-refractivity contribution in [2.75, 3.05) is 12.3 Å². The molecule has 6 N–H and O–H groups in total. The number of ether oxygens (including phenoxy) is 2. The van der Waals surface area contributed by atoms with Crippen LogP contribution in [0.25, 0.3) is 11.2 Å². The van der Waals surface area contributed by atoms with E-state index in [-0.39, 0.29) is 39.4 Å². The number of halogens is 2. The summed E-state index contributed by atoms with van der Waals surface area (Å²) in [5, 5.41) is 39.6. The van der Waals surface area contributed by atoms with E-state index in [1.807, 2.05) is 0 Å². The van der Waals surface area contributed by atoms with Gasteiger partial charge in [0, 0.05) is 11.8 Å². The van der Waals surface area contributed by atoms with Crippen molar-refractivity contribution in [2.45, 2.75) is 43.1 Å². The molecular formula is C19H18ClFN6O9S. The van der Waals surface area contributed by atoms with Gasteiger partial charge in [0.15, 0.2) is 23.9 Å². The number of aromatic carboxylic acids is 1. The van der Waals surface area contributed by atoms with E-state index >= 15 is 4.39 Å². The molecule has 1 aliphatic heterocycles. The minimum absolute atomic E-state index is 0.00771. The fourth-order valence-electron chi connectivity index (χ4n) is 3.71. The van der Waals surface area contributed by atoms with Crippen LogP contribution in [0.3, 0.4) is 0 Å². The second-order valence-electron chi connectivity index (χ2n) is 7.90. The average Bonchev–Trinajstić information content (AvgIpc) is 3.53. The summed E-state index contributed by atoms with van der Waals surface area (Å²) in [6.07, 6.45) is -6.67. The Balaban J connectivity index is 1.52. The maximum Gasteiger partial charge on any atom is 0.365 e. The van der Waals surface area contributed by atoms with Gasteiger partial charge in [-0.2, -0.15) is 9.97 Å². The van der Waals surface area contributed by atoms with E-state index in [1.54, 1.807) is 0 Å². The van der Waals surface area contributed by atoms with Crippen LogP contribution in [0.5, 0.6) is 0 Å². The molecule has 0 spiro atoms. The van der Waals surface area contributed by atoms with E-state index in [1.165, 1.54) is 5.38 Å². The smallest absolute Gasteiger partial charge is 0.365 e. The van der Waals surface area contributed by atoms with Crippen molar-refractivity contribution in [3.05, 3.63) is 27.7 Å².